The van der Waals surface area contributed by atoms with Gasteiger partial charge in [-0.15, -0.1) is 11.3 Å². The zero-order chi connectivity index (χ0) is 12.3. The van der Waals surface area contributed by atoms with E-state index < -0.39 is 0 Å². The molecule has 0 aliphatic carbocycles. The lowest BCUT2D eigenvalue weighted by Gasteiger charge is -2.16. The van der Waals surface area contributed by atoms with Gasteiger partial charge in [0.05, 0.1) is 5.69 Å². The molecule has 1 N–H and O–H groups in total. The summed E-state index contributed by atoms with van der Waals surface area (Å²) in [6.07, 6.45) is 0.992. The van der Waals surface area contributed by atoms with Crippen molar-refractivity contribution >= 4 is 11.3 Å². The first-order valence-corrected chi connectivity index (χ1v) is 6.85. The lowest BCUT2D eigenvalue weighted by Crippen LogP contribution is -2.23. The van der Waals surface area contributed by atoms with Gasteiger partial charge in [0.15, 0.2) is 0 Å². The summed E-state index contributed by atoms with van der Waals surface area (Å²) in [7, 11) is 2.01. The van der Waals surface area contributed by atoms with Crippen LogP contribution in [0.1, 0.15) is 29.2 Å². The molecular formula is C13H19N3S. The number of likely N-dealkylation sites (N-methyl/N-ethyl adjacent to an activating group) is 1. The Morgan fingerprint density at radius 1 is 1.53 bits per heavy atom. The predicted molar refractivity (Wildman–Crippen MR) is 72.4 cm³/mol. The number of aromatic nitrogens is 2. The Balaban J connectivity index is 2.15. The van der Waals surface area contributed by atoms with Gasteiger partial charge in [0.1, 0.15) is 0 Å². The highest BCUT2D eigenvalue weighted by Crippen LogP contribution is 2.22. The number of thiophene rings is 1. The standard InChI is InChI=1S/C13H19N3S/c1-4-14-12(13-6-5-7-17-13)9-11-8-10(2)15-16(11)3/h5-8,12,14H,4,9H2,1-3H3. The average Bonchev–Trinajstić information content (AvgIpc) is 2.88. The maximum absolute atomic E-state index is 4.40. The van der Waals surface area contributed by atoms with Gasteiger partial charge in [0.2, 0.25) is 0 Å². The fourth-order valence-electron chi connectivity index (χ4n) is 2.07. The highest BCUT2D eigenvalue weighted by molar-refractivity contribution is 7.10. The Hall–Kier alpha value is -1.13. The van der Waals surface area contributed by atoms with E-state index in [0.717, 1.165) is 18.7 Å². The second kappa shape index (κ2) is 5.47. The highest BCUT2D eigenvalue weighted by atomic mass is 32.1. The van der Waals surface area contributed by atoms with Crippen LogP contribution in [0.2, 0.25) is 0 Å². The zero-order valence-corrected chi connectivity index (χ0v) is 11.4. The lowest BCUT2D eigenvalue weighted by molar-refractivity contribution is 0.536. The molecule has 0 radical (unpaired) electrons. The van der Waals surface area contributed by atoms with Crippen LogP contribution < -0.4 is 5.32 Å². The van der Waals surface area contributed by atoms with E-state index in [2.05, 4.69) is 40.9 Å². The Bertz CT molecular complexity index is 459. The van der Waals surface area contributed by atoms with Crippen LogP contribution in [0.25, 0.3) is 0 Å². The van der Waals surface area contributed by atoms with Gasteiger partial charge in [0, 0.05) is 30.1 Å². The minimum absolute atomic E-state index is 0.398. The van der Waals surface area contributed by atoms with E-state index in [-0.39, 0.29) is 0 Å². The molecule has 3 nitrogen and oxygen atoms in total. The van der Waals surface area contributed by atoms with Gasteiger partial charge in [-0.05, 0) is 31.0 Å². The summed E-state index contributed by atoms with van der Waals surface area (Å²) < 4.78 is 1.98. The van der Waals surface area contributed by atoms with E-state index in [0.29, 0.717) is 6.04 Å². The van der Waals surface area contributed by atoms with Crippen LogP contribution in [-0.4, -0.2) is 16.3 Å². The quantitative estimate of drug-likeness (QED) is 0.883. The van der Waals surface area contributed by atoms with Crippen LogP contribution >= 0.6 is 11.3 Å². The van der Waals surface area contributed by atoms with E-state index >= 15 is 0 Å². The molecule has 1 unspecified atom stereocenters. The molecule has 0 amide bonds. The third-order valence-electron chi connectivity index (χ3n) is 2.85. The average molecular weight is 249 g/mol. The van der Waals surface area contributed by atoms with Gasteiger partial charge in [-0.2, -0.15) is 5.10 Å². The van der Waals surface area contributed by atoms with Gasteiger partial charge in [-0.25, -0.2) is 0 Å². The van der Waals surface area contributed by atoms with Crippen molar-refractivity contribution < 1.29 is 0 Å². The van der Waals surface area contributed by atoms with E-state index in [4.69, 9.17) is 0 Å². The van der Waals surface area contributed by atoms with Crippen LogP contribution in [0.3, 0.4) is 0 Å². The lowest BCUT2D eigenvalue weighted by atomic mass is 10.1. The van der Waals surface area contributed by atoms with Crippen LogP contribution in [-0.2, 0) is 13.5 Å². The summed E-state index contributed by atoms with van der Waals surface area (Å²) >= 11 is 1.81. The molecule has 17 heavy (non-hydrogen) atoms. The fourth-order valence-corrected chi connectivity index (χ4v) is 2.88. The minimum atomic E-state index is 0.398. The van der Waals surface area contributed by atoms with Gasteiger partial charge >= 0.3 is 0 Å². The van der Waals surface area contributed by atoms with E-state index in [1.54, 1.807) is 0 Å². The third-order valence-corrected chi connectivity index (χ3v) is 3.84. The highest BCUT2D eigenvalue weighted by Gasteiger charge is 2.14. The Morgan fingerprint density at radius 3 is 2.88 bits per heavy atom. The van der Waals surface area contributed by atoms with Gasteiger partial charge in [-0.1, -0.05) is 13.0 Å². The molecule has 0 saturated heterocycles. The van der Waals surface area contributed by atoms with Crippen LogP contribution in [0.15, 0.2) is 23.6 Å². The largest absolute Gasteiger partial charge is 0.309 e. The number of aryl methyl sites for hydroxylation is 2. The molecule has 2 aromatic rings. The second-order valence-electron chi connectivity index (χ2n) is 4.23. The molecule has 0 spiro atoms. The summed E-state index contributed by atoms with van der Waals surface area (Å²) in [4.78, 5) is 1.39. The smallest absolute Gasteiger partial charge is 0.0596 e. The summed E-state index contributed by atoms with van der Waals surface area (Å²) in [6, 6.07) is 6.87. The summed E-state index contributed by atoms with van der Waals surface area (Å²) in [5.74, 6) is 0. The van der Waals surface area contributed by atoms with Crippen molar-refractivity contribution in [3.63, 3.8) is 0 Å². The Kier molecular flexibility index (Phi) is 3.97. The minimum Gasteiger partial charge on any atom is -0.309 e. The maximum atomic E-state index is 4.40. The van der Waals surface area contributed by atoms with Gasteiger partial charge in [-0.3, -0.25) is 4.68 Å². The van der Waals surface area contributed by atoms with Crippen molar-refractivity contribution in [1.29, 1.82) is 0 Å². The second-order valence-corrected chi connectivity index (χ2v) is 5.21. The molecule has 2 heterocycles. The topological polar surface area (TPSA) is 29.9 Å². The number of rotatable bonds is 5. The Morgan fingerprint density at radius 2 is 2.35 bits per heavy atom. The van der Waals surface area contributed by atoms with E-state index in [1.807, 2.05) is 30.0 Å². The van der Waals surface area contributed by atoms with Crippen molar-refractivity contribution in [3.8, 4) is 0 Å². The molecule has 0 aliphatic heterocycles. The first kappa shape index (κ1) is 12.3. The SMILES string of the molecule is CCNC(Cc1cc(C)nn1C)c1cccs1. The van der Waals surface area contributed by atoms with Crippen molar-refractivity contribution in [2.75, 3.05) is 6.54 Å². The van der Waals surface area contributed by atoms with Crippen molar-refractivity contribution in [2.24, 2.45) is 7.05 Å². The Labute approximate surface area is 106 Å². The first-order valence-electron chi connectivity index (χ1n) is 5.97. The van der Waals surface area contributed by atoms with Gasteiger partial charge in [0.25, 0.3) is 0 Å². The van der Waals surface area contributed by atoms with E-state index in [9.17, 15) is 0 Å². The van der Waals surface area contributed by atoms with Crippen LogP contribution in [0.5, 0.6) is 0 Å². The van der Waals surface area contributed by atoms with Crippen LogP contribution in [0.4, 0.5) is 0 Å². The fraction of sp³-hybridized carbons (Fsp3) is 0.462. The normalized spacial score (nSPS) is 12.9. The number of hydrogen-bond acceptors (Lipinski definition) is 3. The summed E-state index contributed by atoms with van der Waals surface area (Å²) in [6.45, 7) is 5.17. The predicted octanol–water partition coefficient (Wildman–Crippen LogP) is 2.68. The molecule has 0 aromatic carbocycles. The molecule has 92 valence electrons. The molecule has 1 atom stereocenters. The zero-order valence-electron chi connectivity index (χ0n) is 10.6. The molecule has 0 saturated carbocycles. The summed E-state index contributed by atoms with van der Waals surface area (Å²) in [5.41, 5.74) is 2.37. The maximum Gasteiger partial charge on any atom is 0.0596 e. The molecule has 0 aliphatic rings. The molecule has 4 heteroatoms. The van der Waals surface area contributed by atoms with E-state index in [1.165, 1.54) is 10.6 Å². The summed E-state index contributed by atoms with van der Waals surface area (Å²) in [5, 5.41) is 10.1. The molecule has 2 rings (SSSR count). The molecule has 0 fully saturated rings. The number of nitrogens with one attached hydrogen (secondary N) is 1. The molecular weight excluding hydrogens is 230 g/mol. The van der Waals surface area contributed by atoms with Crippen molar-refractivity contribution in [2.45, 2.75) is 26.3 Å². The molecule has 2 aromatic heterocycles. The number of nitrogens with zero attached hydrogens (tertiary/aromatic N) is 2. The van der Waals surface area contributed by atoms with Crippen LogP contribution in [0, 0.1) is 6.92 Å². The number of hydrogen-bond donors (Lipinski definition) is 1. The molecule has 0 bridgehead atoms. The monoisotopic (exact) mass is 249 g/mol. The third kappa shape index (κ3) is 2.96. The van der Waals surface area contributed by atoms with Crippen molar-refractivity contribution in [1.82, 2.24) is 15.1 Å². The van der Waals surface area contributed by atoms with Gasteiger partial charge < -0.3 is 5.32 Å². The first-order chi connectivity index (χ1) is 8.20. The van der Waals surface area contributed by atoms with Crippen molar-refractivity contribution in [3.05, 3.63) is 39.8 Å².